The van der Waals surface area contributed by atoms with Crippen molar-refractivity contribution in [2.24, 2.45) is 0 Å². The Labute approximate surface area is 338 Å². The van der Waals surface area contributed by atoms with Crippen LogP contribution in [0.5, 0.6) is 0 Å². The number of carboxylic acid groups (broad SMARTS) is 1. The average molecular weight is 815 g/mol. The molecule has 0 fully saturated rings. The van der Waals surface area contributed by atoms with E-state index in [0.29, 0.717) is 132 Å². The third kappa shape index (κ3) is 57.0. The second kappa shape index (κ2) is 53.7. The predicted octanol–water partition coefficient (Wildman–Crippen LogP) is 5.22. The van der Waals surface area contributed by atoms with Crippen LogP contribution in [-0.4, -0.2) is 173 Å². The van der Waals surface area contributed by atoms with E-state index in [2.05, 4.69) is 13.5 Å². The summed E-state index contributed by atoms with van der Waals surface area (Å²) in [7, 11) is 0. The molecule has 0 aliphatic rings. The summed E-state index contributed by atoms with van der Waals surface area (Å²) in [4.78, 5) is 9.25. The number of hydrogen-bond donors (Lipinski definition) is 3. The summed E-state index contributed by atoms with van der Waals surface area (Å²) in [6.45, 7) is 15.1. The lowest BCUT2D eigenvalue weighted by Crippen LogP contribution is -2.21. The molecule has 0 aliphatic carbocycles. The third-order valence-corrected chi connectivity index (χ3v) is 7.83. The van der Waals surface area contributed by atoms with Crippen molar-refractivity contribution in [2.75, 3.05) is 145 Å². The molecule has 1 unspecified atom stereocenters. The van der Waals surface area contributed by atoms with Gasteiger partial charge in [0.05, 0.1) is 139 Å². The molecule has 0 saturated heterocycles. The highest BCUT2D eigenvalue weighted by Crippen LogP contribution is 2.13. The van der Waals surface area contributed by atoms with E-state index >= 15 is 0 Å². The average Bonchev–Trinajstić information content (AvgIpc) is 3.20. The maximum Gasteiger partial charge on any atom is 0.327 e. The minimum absolute atomic E-state index is 0.0246. The monoisotopic (exact) mass is 815 g/mol. The molecule has 0 aliphatic heterocycles. The molecule has 0 spiro atoms. The molecule has 3 N–H and O–H groups in total. The largest absolute Gasteiger partial charge is 0.478 e. The molecule has 336 valence electrons. The molecule has 1 atom stereocenters. The molecule has 0 aromatic carbocycles. The van der Waals surface area contributed by atoms with Gasteiger partial charge < -0.3 is 67.4 Å². The molecular weight excluding hydrogens is 732 g/mol. The van der Waals surface area contributed by atoms with Crippen molar-refractivity contribution in [1.29, 1.82) is 0 Å². The van der Waals surface area contributed by atoms with Crippen LogP contribution in [0.15, 0.2) is 12.7 Å². The van der Waals surface area contributed by atoms with Crippen molar-refractivity contribution in [2.45, 2.75) is 103 Å². The number of carbonyl (C=O) groups is 1. The molecule has 0 bridgehead atoms. The Balaban J connectivity index is 0. The molecule has 0 amide bonds. The van der Waals surface area contributed by atoms with Crippen molar-refractivity contribution in [3.63, 3.8) is 0 Å². The maximum atomic E-state index is 9.91. The predicted molar refractivity (Wildman–Crippen MR) is 215 cm³/mol. The molecule has 0 rings (SSSR count). The molecule has 15 nitrogen and oxygen atoms in total. The smallest absolute Gasteiger partial charge is 0.327 e. The first-order valence-corrected chi connectivity index (χ1v) is 21.1. The Morgan fingerprint density at radius 1 is 0.446 bits per heavy atom. The van der Waals surface area contributed by atoms with Gasteiger partial charge in [-0.25, -0.2) is 4.79 Å². The Morgan fingerprint density at radius 2 is 0.696 bits per heavy atom. The number of rotatable bonds is 48. The van der Waals surface area contributed by atoms with Crippen molar-refractivity contribution in [3.8, 4) is 0 Å². The molecule has 0 radical (unpaired) electrons. The van der Waals surface area contributed by atoms with Gasteiger partial charge in [0.2, 0.25) is 0 Å². The van der Waals surface area contributed by atoms with Crippen molar-refractivity contribution in [3.05, 3.63) is 12.7 Å². The summed E-state index contributed by atoms with van der Waals surface area (Å²) in [5.41, 5.74) is 0. The quantitative estimate of drug-likeness (QED) is 0.0414. The summed E-state index contributed by atoms with van der Waals surface area (Å²) in [5, 5.41) is 26.1. The van der Waals surface area contributed by atoms with Gasteiger partial charge in [0.25, 0.3) is 0 Å². The molecule has 0 aromatic heterocycles. The summed E-state index contributed by atoms with van der Waals surface area (Å²) < 4.78 is 59.6. The van der Waals surface area contributed by atoms with Gasteiger partial charge >= 0.3 is 5.97 Å². The summed E-state index contributed by atoms with van der Waals surface area (Å²) in [6, 6.07) is 0. The molecule has 0 heterocycles. The fourth-order valence-corrected chi connectivity index (χ4v) is 4.79. The van der Waals surface area contributed by atoms with Gasteiger partial charge in [-0.15, -0.1) is 0 Å². The Kier molecular flexibility index (Phi) is 54.4. The highest BCUT2D eigenvalue weighted by atomic mass is 16.6. The first-order chi connectivity index (χ1) is 27.6. The van der Waals surface area contributed by atoms with Crippen LogP contribution in [0.2, 0.25) is 0 Å². The fourth-order valence-electron chi connectivity index (χ4n) is 4.79. The van der Waals surface area contributed by atoms with Crippen molar-refractivity contribution < 1.29 is 72.2 Å². The first-order valence-electron chi connectivity index (χ1n) is 21.1. The summed E-state index contributed by atoms with van der Waals surface area (Å²) in [5.74, 6) is -0.981. The van der Waals surface area contributed by atoms with E-state index < -0.39 is 12.3 Å². The second-order valence-corrected chi connectivity index (χ2v) is 12.8. The molecule has 0 saturated carbocycles. The lowest BCUT2D eigenvalue weighted by atomic mass is 10.0. The van der Waals surface area contributed by atoms with Gasteiger partial charge in [-0.1, -0.05) is 97.0 Å². The van der Waals surface area contributed by atoms with Crippen LogP contribution >= 0.6 is 0 Å². The minimum Gasteiger partial charge on any atom is -0.478 e. The van der Waals surface area contributed by atoms with Gasteiger partial charge in [-0.3, -0.25) is 0 Å². The van der Waals surface area contributed by atoms with E-state index in [-0.39, 0.29) is 13.2 Å². The van der Waals surface area contributed by atoms with E-state index in [1.165, 1.54) is 77.0 Å². The van der Waals surface area contributed by atoms with Crippen LogP contribution in [0.25, 0.3) is 0 Å². The number of unbranched alkanes of at least 4 members (excludes halogenated alkanes) is 13. The number of aliphatic carboxylic acids is 1. The summed E-state index contributed by atoms with van der Waals surface area (Å²) >= 11 is 0. The highest BCUT2D eigenvalue weighted by Gasteiger charge is 2.04. The normalized spacial score (nSPS) is 11.8. The van der Waals surface area contributed by atoms with Gasteiger partial charge in [0, 0.05) is 12.7 Å². The topological polar surface area (TPSA) is 179 Å². The molecule has 15 heteroatoms. The van der Waals surface area contributed by atoms with Crippen LogP contribution in [0.1, 0.15) is 96.8 Å². The van der Waals surface area contributed by atoms with Crippen molar-refractivity contribution >= 4 is 5.97 Å². The van der Waals surface area contributed by atoms with E-state index in [4.69, 9.17) is 62.3 Å². The number of aliphatic hydroxyl groups is 2. The molecule has 56 heavy (non-hydrogen) atoms. The molecule has 0 aromatic rings. The van der Waals surface area contributed by atoms with E-state index in [1.54, 1.807) is 0 Å². The maximum absolute atomic E-state index is 9.91. The van der Waals surface area contributed by atoms with Gasteiger partial charge in [-0.2, -0.15) is 0 Å². The Hall–Kier alpha value is -1.31. The number of carboxylic acids is 1. The standard InChI is InChI=1S/C38H78O13.C3H4O2/c1-2-3-4-5-6-7-8-9-10-11-12-13-14-15-17-51-38(40)37-50-36-35-49-34-33-48-32-31-47-30-29-46-28-27-45-26-25-44-24-23-43-22-21-42-20-19-41-18-16-39;1-2-3(4)5/h38-40H,2-37H2,1H3;2H,1H2,(H,4,5). The van der Waals surface area contributed by atoms with E-state index in [0.717, 1.165) is 18.9 Å². The Bertz CT molecular complexity index is 735. The van der Waals surface area contributed by atoms with Crippen LogP contribution in [0.3, 0.4) is 0 Å². The SMILES string of the molecule is C=CC(=O)O.CCCCCCCCCCCCCCCCOC(O)COCCOCCOCCOCCOCCOCCOCCOCCOCCOCCO. The zero-order valence-electron chi connectivity index (χ0n) is 35.1. The van der Waals surface area contributed by atoms with E-state index in [1.807, 2.05) is 0 Å². The Morgan fingerprint density at radius 3 is 0.964 bits per heavy atom. The van der Waals surface area contributed by atoms with Crippen LogP contribution in [-0.2, 0) is 56.9 Å². The first kappa shape index (κ1) is 56.8. The van der Waals surface area contributed by atoms with Gasteiger partial charge in [-0.05, 0) is 6.42 Å². The molecular formula is C41H82O15. The number of ether oxygens (including phenoxy) is 11. The highest BCUT2D eigenvalue weighted by molar-refractivity contribution is 5.78. The second-order valence-electron chi connectivity index (χ2n) is 12.8. The zero-order valence-corrected chi connectivity index (χ0v) is 35.1. The zero-order chi connectivity index (χ0) is 41.1. The van der Waals surface area contributed by atoms with Crippen LogP contribution in [0, 0.1) is 0 Å². The number of aliphatic hydroxyl groups excluding tert-OH is 2. The van der Waals surface area contributed by atoms with Crippen molar-refractivity contribution in [1.82, 2.24) is 0 Å². The van der Waals surface area contributed by atoms with Gasteiger partial charge in [0.15, 0.2) is 6.29 Å². The minimum atomic E-state index is -0.981. The third-order valence-electron chi connectivity index (χ3n) is 7.83. The number of hydrogen-bond acceptors (Lipinski definition) is 14. The lowest BCUT2D eigenvalue weighted by Gasteiger charge is -2.12. The van der Waals surface area contributed by atoms with E-state index in [9.17, 15) is 9.90 Å². The van der Waals surface area contributed by atoms with Crippen LogP contribution in [0.4, 0.5) is 0 Å². The van der Waals surface area contributed by atoms with Gasteiger partial charge in [0.1, 0.15) is 0 Å². The van der Waals surface area contributed by atoms with Crippen LogP contribution < -0.4 is 0 Å². The summed E-state index contributed by atoms with van der Waals surface area (Å²) in [6.07, 6.45) is 18.5. The lowest BCUT2D eigenvalue weighted by molar-refractivity contribution is -0.141. The fraction of sp³-hybridized carbons (Fsp3) is 0.927.